The van der Waals surface area contributed by atoms with Crippen LogP contribution in [0.5, 0.6) is 0 Å². The second-order valence-corrected chi connectivity index (χ2v) is 3.84. The van der Waals surface area contributed by atoms with E-state index in [0.717, 1.165) is 11.6 Å². The molecule has 76 valence electrons. The summed E-state index contributed by atoms with van der Waals surface area (Å²) >= 11 is 0. The molecule has 1 aromatic rings. The molecule has 5 heteroatoms. The van der Waals surface area contributed by atoms with Crippen molar-refractivity contribution in [3.63, 3.8) is 0 Å². The van der Waals surface area contributed by atoms with Gasteiger partial charge >= 0.3 is 0 Å². The number of carbonyl (C=O) groups is 1. The van der Waals surface area contributed by atoms with Crippen molar-refractivity contribution in [2.24, 2.45) is 0 Å². The van der Waals surface area contributed by atoms with Gasteiger partial charge in [0, 0.05) is 18.8 Å². The number of rotatable bonds is 1. The highest BCUT2D eigenvalue weighted by molar-refractivity contribution is 5.82. The first-order chi connectivity index (χ1) is 6.68. The minimum atomic E-state index is 0.227. The van der Waals surface area contributed by atoms with Crippen LogP contribution >= 0.6 is 0 Å². The largest absolute Gasteiger partial charge is 0.315 e. The monoisotopic (exact) mass is 194 g/mol. The van der Waals surface area contributed by atoms with Crippen molar-refractivity contribution in [1.82, 2.24) is 14.9 Å². The van der Waals surface area contributed by atoms with E-state index in [1.807, 2.05) is 4.68 Å². The number of hydrogen-bond acceptors (Lipinski definition) is 4. The Bertz CT molecular complexity index is 356. The summed E-state index contributed by atoms with van der Waals surface area (Å²) in [6.45, 7) is 4.50. The molecule has 1 aromatic heterocycles. The minimum absolute atomic E-state index is 0.227. The summed E-state index contributed by atoms with van der Waals surface area (Å²) in [7, 11) is 0. The number of aromatic nitrogens is 3. The minimum Gasteiger partial charge on any atom is -0.315 e. The number of Topliss-reactive ketones (excluding diaryl/α,β-unsaturated/α-hetero) is 1. The molecule has 14 heavy (non-hydrogen) atoms. The zero-order valence-electron chi connectivity index (χ0n) is 8.45. The SMILES string of the molecule is CC(C)c1nnc2n1NCC(=O)CC2. The van der Waals surface area contributed by atoms with E-state index in [2.05, 4.69) is 29.5 Å². The summed E-state index contributed by atoms with van der Waals surface area (Å²) in [5.41, 5.74) is 3.05. The summed E-state index contributed by atoms with van der Waals surface area (Å²) in [5.74, 6) is 2.30. The molecule has 0 bridgehead atoms. The molecule has 5 nitrogen and oxygen atoms in total. The lowest BCUT2D eigenvalue weighted by atomic mass is 10.2. The highest BCUT2D eigenvalue weighted by Gasteiger charge is 2.19. The van der Waals surface area contributed by atoms with Crippen molar-refractivity contribution in [2.45, 2.75) is 32.6 Å². The van der Waals surface area contributed by atoms with Crippen LogP contribution in [-0.2, 0) is 11.2 Å². The Morgan fingerprint density at radius 1 is 1.36 bits per heavy atom. The van der Waals surface area contributed by atoms with Gasteiger partial charge in [0.1, 0.15) is 0 Å². The van der Waals surface area contributed by atoms with Gasteiger partial charge in [0.25, 0.3) is 0 Å². The molecule has 0 aromatic carbocycles. The van der Waals surface area contributed by atoms with Gasteiger partial charge < -0.3 is 5.43 Å². The van der Waals surface area contributed by atoms with Gasteiger partial charge in [-0.15, -0.1) is 10.2 Å². The molecule has 0 saturated carbocycles. The molecule has 0 fully saturated rings. The van der Waals surface area contributed by atoms with E-state index in [-0.39, 0.29) is 5.78 Å². The van der Waals surface area contributed by atoms with Gasteiger partial charge in [-0.05, 0) is 0 Å². The summed E-state index contributed by atoms with van der Waals surface area (Å²) in [4.78, 5) is 11.2. The van der Waals surface area contributed by atoms with Crippen molar-refractivity contribution in [3.8, 4) is 0 Å². The summed E-state index contributed by atoms with van der Waals surface area (Å²) in [5, 5.41) is 8.17. The topological polar surface area (TPSA) is 59.8 Å². The molecule has 2 heterocycles. The summed E-state index contributed by atoms with van der Waals surface area (Å²) in [6, 6.07) is 0. The zero-order chi connectivity index (χ0) is 10.1. The number of fused-ring (bicyclic) bond motifs is 1. The van der Waals surface area contributed by atoms with Gasteiger partial charge in [-0.2, -0.15) is 0 Å². The molecular weight excluding hydrogens is 180 g/mol. The van der Waals surface area contributed by atoms with Crippen molar-refractivity contribution in [2.75, 3.05) is 12.0 Å². The van der Waals surface area contributed by atoms with Gasteiger partial charge in [0.2, 0.25) is 0 Å². The Labute approximate surface area is 82.5 Å². The maximum absolute atomic E-state index is 11.2. The van der Waals surface area contributed by atoms with Crippen LogP contribution in [-0.4, -0.2) is 27.2 Å². The zero-order valence-corrected chi connectivity index (χ0v) is 8.45. The lowest BCUT2D eigenvalue weighted by Crippen LogP contribution is -2.22. The van der Waals surface area contributed by atoms with Crippen LogP contribution < -0.4 is 5.43 Å². The number of aryl methyl sites for hydroxylation is 1. The number of carbonyl (C=O) groups excluding carboxylic acids is 1. The Balaban J connectivity index is 2.33. The molecule has 2 rings (SSSR count). The average molecular weight is 194 g/mol. The van der Waals surface area contributed by atoms with E-state index in [1.165, 1.54) is 0 Å². The van der Waals surface area contributed by atoms with E-state index in [4.69, 9.17) is 0 Å². The Kier molecular flexibility index (Phi) is 2.23. The van der Waals surface area contributed by atoms with E-state index >= 15 is 0 Å². The van der Waals surface area contributed by atoms with Gasteiger partial charge in [-0.25, -0.2) is 4.68 Å². The fourth-order valence-electron chi connectivity index (χ4n) is 1.55. The standard InChI is InChI=1S/C9H14N4O/c1-6(2)9-12-11-8-4-3-7(14)5-10-13(8)9/h6,10H,3-5H2,1-2H3. The number of nitrogens with one attached hydrogen (secondary N) is 1. The van der Waals surface area contributed by atoms with Gasteiger partial charge in [-0.3, -0.25) is 4.79 Å². The van der Waals surface area contributed by atoms with Gasteiger partial charge in [0.05, 0.1) is 6.54 Å². The third-order valence-corrected chi connectivity index (χ3v) is 2.33. The van der Waals surface area contributed by atoms with Crippen molar-refractivity contribution >= 4 is 5.78 Å². The Hall–Kier alpha value is -1.39. The van der Waals surface area contributed by atoms with Gasteiger partial charge in [0.15, 0.2) is 17.4 Å². The third-order valence-electron chi connectivity index (χ3n) is 2.33. The van der Waals surface area contributed by atoms with Gasteiger partial charge in [-0.1, -0.05) is 13.8 Å². The first-order valence-corrected chi connectivity index (χ1v) is 4.88. The predicted molar refractivity (Wildman–Crippen MR) is 51.7 cm³/mol. The lowest BCUT2D eigenvalue weighted by Gasteiger charge is -2.10. The molecule has 1 aliphatic heterocycles. The number of ketones is 1. The van der Waals surface area contributed by atoms with E-state index in [1.54, 1.807) is 0 Å². The second-order valence-electron chi connectivity index (χ2n) is 3.84. The maximum Gasteiger partial charge on any atom is 0.154 e. The molecular formula is C9H14N4O. The summed E-state index contributed by atoms with van der Waals surface area (Å²) in [6.07, 6.45) is 1.24. The first kappa shape index (κ1) is 9.18. The smallest absolute Gasteiger partial charge is 0.154 e. The number of hydrogen-bond donors (Lipinski definition) is 1. The van der Waals surface area contributed by atoms with E-state index in [0.29, 0.717) is 25.3 Å². The van der Waals surface area contributed by atoms with E-state index < -0.39 is 0 Å². The lowest BCUT2D eigenvalue weighted by molar-refractivity contribution is -0.117. The molecule has 1 N–H and O–H groups in total. The Morgan fingerprint density at radius 2 is 2.14 bits per heavy atom. The van der Waals surface area contributed by atoms with Crippen LogP contribution in [0.25, 0.3) is 0 Å². The first-order valence-electron chi connectivity index (χ1n) is 4.88. The average Bonchev–Trinajstić information content (AvgIpc) is 2.46. The summed E-state index contributed by atoms with van der Waals surface area (Å²) < 4.78 is 1.86. The molecule has 1 aliphatic rings. The molecule has 0 aliphatic carbocycles. The Morgan fingerprint density at radius 3 is 2.86 bits per heavy atom. The van der Waals surface area contributed by atoms with Crippen LogP contribution in [0.3, 0.4) is 0 Å². The van der Waals surface area contributed by atoms with Crippen LogP contribution in [0.4, 0.5) is 0 Å². The fraction of sp³-hybridized carbons (Fsp3) is 0.667. The number of nitrogens with zero attached hydrogens (tertiary/aromatic N) is 3. The van der Waals surface area contributed by atoms with Crippen molar-refractivity contribution in [1.29, 1.82) is 0 Å². The molecule has 0 unspecified atom stereocenters. The predicted octanol–water partition coefficient (Wildman–Crippen LogP) is 0.460. The molecule has 0 atom stereocenters. The van der Waals surface area contributed by atoms with Crippen LogP contribution in [0, 0.1) is 0 Å². The van der Waals surface area contributed by atoms with E-state index in [9.17, 15) is 4.79 Å². The molecule has 0 saturated heterocycles. The van der Waals surface area contributed by atoms with Crippen LogP contribution in [0.2, 0.25) is 0 Å². The highest BCUT2D eigenvalue weighted by atomic mass is 16.1. The van der Waals surface area contributed by atoms with Crippen LogP contribution in [0.1, 0.15) is 37.8 Å². The molecule has 0 radical (unpaired) electrons. The molecule has 0 spiro atoms. The second kappa shape index (κ2) is 3.40. The van der Waals surface area contributed by atoms with Crippen molar-refractivity contribution in [3.05, 3.63) is 11.6 Å². The van der Waals surface area contributed by atoms with Crippen LogP contribution in [0.15, 0.2) is 0 Å². The molecule has 0 amide bonds. The van der Waals surface area contributed by atoms with Crippen molar-refractivity contribution < 1.29 is 4.79 Å². The highest BCUT2D eigenvalue weighted by Crippen LogP contribution is 2.14. The normalized spacial score (nSPS) is 16.4. The third kappa shape index (κ3) is 1.49. The maximum atomic E-state index is 11.2. The fourth-order valence-corrected chi connectivity index (χ4v) is 1.55. The quantitative estimate of drug-likeness (QED) is 0.705.